The number of benzene rings is 1. The number of hydrogen-bond acceptors (Lipinski definition) is 2. The van der Waals surface area contributed by atoms with Crippen LogP contribution in [0.15, 0.2) is 16.6 Å². The highest BCUT2D eigenvalue weighted by Crippen LogP contribution is 2.32. The Bertz CT molecular complexity index is 386. The van der Waals surface area contributed by atoms with Crippen LogP contribution in [0.25, 0.3) is 0 Å². The number of aryl methyl sites for hydroxylation is 1. The molecular formula is C14H20BrNO. The van der Waals surface area contributed by atoms with Crippen molar-refractivity contribution in [1.29, 1.82) is 0 Å². The van der Waals surface area contributed by atoms with Crippen LogP contribution in [0.1, 0.15) is 36.8 Å². The van der Waals surface area contributed by atoms with Gasteiger partial charge in [-0.1, -0.05) is 15.9 Å². The van der Waals surface area contributed by atoms with Crippen LogP contribution in [0.5, 0.6) is 5.75 Å². The first-order valence-electron chi connectivity index (χ1n) is 6.31. The number of ether oxygens (including phenoxy) is 1. The number of rotatable bonds is 4. The molecular weight excluding hydrogens is 278 g/mol. The fourth-order valence-corrected chi connectivity index (χ4v) is 3.08. The van der Waals surface area contributed by atoms with Crippen molar-refractivity contribution < 1.29 is 4.74 Å². The highest BCUT2D eigenvalue weighted by molar-refractivity contribution is 9.10. The van der Waals surface area contributed by atoms with Crippen molar-refractivity contribution >= 4 is 15.9 Å². The van der Waals surface area contributed by atoms with Gasteiger partial charge in [0.1, 0.15) is 5.75 Å². The Labute approximate surface area is 112 Å². The number of nitrogens with one attached hydrogen (secondary N) is 1. The lowest BCUT2D eigenvalue weighted by Gasteiger charge is -2.19. The molecule has 2 rings (SSSR count). The van der Waals surface area contributed by atoms with Crippen molar-refractivity contribution in [2.24, 2.45) is 0 Å². The Morgan fingerprint density at radius 2 is 2.06 bits per heavy atom. The molecule has 0 unspecified atom stereocenters. The molecule has 94 valence electrons. The zero-order valence-electron chi connectivity index (χ0n) is 10.6. The van der Waals surface area contributed by atoms with Crippen LogP contribution in [0.4, 0.5) is 0 Å². The van der Waals surface area contributed by atoms with Crippen molar-refractivity contribution in [3.63, 3.8) is 0 Å². The van der Waals surface area contributed by atoms with Gasteiger partial charge in [0.15, 0.2) is 0 Å². The fraction of sp³-hybridized carbons (Fsp3) is 0.571. The fourth-order valence-electron chi connectivity index (χ4n) is 2.46. The van der Waals surface area contributed by atoms with Gasteiger partial charge in [0.2, 0.25) is 0 Å². The van der Waals surface area contributed by atoms with Crippen molar-refractivity contribution in [3.05, 3.63) is 27.7 Å². The molecule has 0 saturated heterocycles. The van der Waals surface area contributed by atoms with E-state index in [0.717, 1.165) is 16.8 Å². The third-order valence-electron chi connectivity index (χ3n) is 3.27. The van der Waals surface area contributed by atoms with Crippen molar-refractivity contribution in [3.8, 4) is 5.75 Å². The van der Waals surface area contributed by atoms with Gasteiger partial charge in [-0.15, -0.1) is 0 Å². The second kappa shape index (κ2) is 5.87. The van der Waals surface area contributed by atoms with E-state index in [4.69, 9.17) is 4.74 Å². The molecule has 0 spiro atoms. The van der Waals surface area contributed by atoms with E-state index >= 15 is 0 Å². The van der Waals surface area contributed by atoms with Gasteiger partial charge in [0, 0.05) is 16.6 Å². The molecule has 0 bridgehead atoms. The van der Waals surface area contributed by atoms with E-state index in [1.165, 1.54) is 36.8 Å². The molecule has 1 aromatic rings. The predicted octanol–water partition coefficient (Wildman–Crippen LogP) is 3.80. The van der Waals surface area contributed by atoms with Gasteiger partial charge in [0.05, 0.1) is 6.10 Å². The molecule has 1 aromatic carbocycles. The summed E-state index contributed by atoms with van der Waals surface area (Å²) in [7, 11) is 1.97. The summed E-state index contributed by atoms with van der Waals surface area (Å²) in [6.45, 7) is 2.97. The topological polar surface area (TPSA) is 21.3 Å². The summed E-state index contributed by atoms with van der Waals surface area (Å²) in [4.78, 5) is 0. The van der Waals surface area contributed by atoms with E-state index in [0.29, 0.717) is 6.10 Å². The summed E-state index contributed by atoms with van der Waals surface area (Å²) in [5.74, 6) is 1.08. The van der Waals surface area contributed by atoms with E-state index in [-0.39, 0.29) is 0 Å². The minimum absolute atomic E-state index is 0.422. The van der Waals surface area contributed by atoms with Crippen molar-refractivity contribution in [2.45, 2.75) is 45.3 Å². The summed E-state index contributed by atoms with van der Waals surface area (Å²) in [6, 6.07) is 4.28. The van der Waals surface area contributed by atoms with Crippen molar-refractivity contribution in [2.75, 3.05) is 7.05 Å². The lowest BCUT2D eigenvalue weighted by atomic mass is 10.1. The standard InChI is InChI=1S/C14H20BrNO/c1-10-7-12(15)8-11(9-16-2)14(10)17-13-5-3-4-6-13/h7-8,13,16H,3-6,9H2,1-2H3. The van der Waals surface area contributed by atoms with Crippen molar-refractivity contribution in [1.82, 2.24) is 5.32 Å². The molecule has 0 heterocycles. The summed E-state index contributed by atoms with van der Waals surface area (Å²) >= 11 is 3.55. The lowest BCUT2D eigenvalue weighted by Crippen LogP contribution is -2.15. The van der Waals surface area contributed by atoms with Gasteiger partial charge in [-0.3, -0.25) is 0 Å². The highest BCUT2D eigenvalue weighted by atomic mass is 79.9. The second-order valence-electron chi connectivity index (χ2n) is 4.77. The van der Waals surface area contributed by atoms with Gasteiger partial charge >= 0.3 is 0 Å². The molecule has 2 nitrogen and oxygen atoms in total. The molecule has 1 N–H and O–H groups in total. The lowest BCUT2D eigenvalue weighted by molar-refractivity contribution is 0.206. The zero-order valence-corrected chi connectivity index (χ0v) is 12.1. The predicted molar refractivity (Wildman–Crippen MR) is 74.5 cm³/mol. The normalized spacial score (nSPS) is 16.4. The molecule has 1 saturated carbocycles. The third-order valence-corrected chi connectivity index (χ3v) is 3.73. The monoisotopic (exact) mass is 297 g/mol. The van der Waals surface area contributed by atoms with Crippen LogP contribution in [0.2, 0.25) is 0 Å². The van der Waals surface area contributed by atoms with Gasteiger partial charge in [-0.05, 0) is 57.4 Å². The molecule has 0 amide bonds. The van der Waals surface area contributed by atoms with Gasteiger partial charge < -0.3 is 10.1 Å². The molecule has 1 aliphatic carbocycles. The molecule has 0 radical (unpaired) electrons. The van der Waals surface area contributed by atoms with Gasteiger partial charge in [0.25, 0.3) is 0 Å². The third kappa shape index (κ3) is 3.23. The Kier molecular flexibility index (Phi) is 4.46. The highest BCUT2D eigenvalue weighted by Gasteiger charge is 2.19. The Morgan fingerprint density at radius 1 is 1.35 bits per heavy atom. The van der Waals surface area contributed by atoms with E-state index in [1.54, 1.807) is 0 Å². The molecule has 3 heteroatoms. The first kappa shape index (κ1) is 12.9. The smallest absolute Gasteiger partial charge is 0.127 e. The Morgan fingerprint density at radius 3 is 2.71 bits per heavy atom. The van der Waals surface area contributed by atoms with Crippen LogP contribution in [0, 0.1) is 6.92 Å². The maximum atomic E-state index is 6.18. The zero-order chi connectivity index (χ0) is 12.3. The average molecular weight is 298 g/mol. The minimum Gasteiger partial charge on any atom is -0.490 e. The van der Waals surface area contributed by atoms with E-state index in [2.05, 4.69) is 40.3 Å². The largest absolute Gasteiger partial charge is 0.490 e. The summed E-state index contributed by atoms with van der Waals surface area (Å²) in [5, 5.41) is 3.20. The quantitative estimate of drug-likeness (QED) is 0.913. The number of hydrogen-bond donors (Lipinski definition) is 1. The summed E-state index contributed by atoms with van der Waals surface area (Å²) in [6.07, 6.45) is 5.44. The van der Waals surface area contributed by atoms with Gasteiger partial charge in [-0.2, -0.15) is 0 Å². The van der Waals surface area contributed by atoms with Crippen LogP contribution in [-0.4, -0.2) is 13.2 Å². The maximum absolute atomic E-state index is 6.18. The Balaban J connectivity index is 2.22. The maximum Gasteiger partial charge on any atom is 0.127 e. The van der Waals surface area contributed by atoms with E-state index in [9.17, 15) is 0 Å². The van der Waals surface area contributed by atoms with E-state index < -0.39 is 0 Å². The molecule has 1 fully saturated rings. The SMILES string of the molecule is CNCc1cc(Br)cc(C)c1OC1CCCC1. The van der Waals surface area contributed by atoms with Gasteiger partial charge in [-0.25, -0.2) is 0 Å². The summed E-state index contributed by atoms with van der Waals surface area (Å²) in [5.41, 5.74) is 2.46. The summed E-state index contributed by atoms with van der Waals surface area (Å²) < 4.78 is 7.31. The minimum atomic E-state index is 0.422. The first-order valence-corrected chi connectivity index (χ1v) is 7.10. The first-order chi connectivity index (χ1) is 8.20. The van der Waals surface area contributed by atoms with Crippen LogP contribution < -0.4 is 10.1 Å². The second-order valence-corrected chi connectivity index (χ2v) is 5.68. The molecule has 0 aromatic heterocycles. The van der Waals surface area contributed by atoms with Crippen LogP contribution >= 0.6 is 15.9 Å². The van der Waals surface area contributed by atoms with E-state index in [1.807, 2.05) is 7.05 Å². The molecule has 17 heavy (non-hydrogen) atoms. The number of halogens is 1. The molecule has 0 aliphatic heterocycles. The average Bonchev–Trinajstić information content (AvgIpc) is 2.76. The van der Waals surface area contributed by atoms with Crippen LogP contribution in [0.3, 0.4) is 0 Å². The molecule has 1 aliphatic rings. The molecule has 0 atom stereocenters. The Hall–Kier alpha value is -0.540. The van der Waals surface area contributed by atoms with Crippen LogP contribution in [-0.2, 0) is 6.54 Å².